The number of carbonyl (C=O) groups excluding carboxylic acids is 2. The Labute approximate surface area is 210 Å². The number of fused-ring (bicyclic) bond motifs is 1. The number of hydrogen-bond donors (Lipinski definition) is 2. The van der Waals surface area contributed by atoms with Crippen LogP contribution in [0.2, 0.25) is 0 Å². The quantitative estimate of drug-likeness (QED) is 0.366. The summed E-state index contributed by atoms with van der Waals surface area (Å²) in [5.74, 6) is -1.79. The maximum absolute atomic E-state index is 13.0. The van der Waals surface area contributed by atoms with Crippen LogP contribution in [0.5, 0.6) is 11.6 Å². The SMILES string of the molecule is [2H]C(C)n1nc(C(N)=O)c2ccc(-c3cnc(OC)c(C(=O)NCc4ccccc4OC(F)(F)F)c3)cc21. The summed E-state index contributed by atoms with van der Waals surface area (Å²) in [5.41, 5.74) is 7.22. The number of hydrogen-bond acceptors (Lipinski definition) is 6. The molecule has 3 N–H and O–H groups in total. The van der Waals surface area contributed by atoms with E-state index in [2.05, 4.69) is 20.1 Å². The van der Waals surface area contributed by atoms with Crippen LogP contribution in [0.25, 0.3) is 22.0 Å². The lowest BCUT2D eigenvalue weighted by atomic mass is 10.0. The van der Waals surface area contributed by atoms with Crippen molar-refractivity contribution in [3.05, 3.63) is 71.5 Å². The summed E-state index contributed by atoms with van der Waals surface area (Å²) in [7, 11) is 1.33. The highest BCUT2D eigenvalue weighted by Crippen LogP contribution is 2.30. The van der Waals surface area contributed by atoms with Crippen molar-refractivity contribution >= 4 is 22.7 Å². The van der Waals surface area contributed by atoms with E-state index in [1.807, 2.05) is 0 Å². The van der Waals surface area contributed by atoms with Gasteiger partial charge in [-0.05, 0) is 36.8 Å². The molecule has 0 spiro atoms. The van der Waals surface area contributed by atoms with Crippen LogP contribution < -0.4 is 20.5 Å². The van der Waals surface area contributed by atoms with Gasteiger partial charge in [0.15, 0.2) is 5.69 Å². The van der Waals surface area contributed by atoms with E-state index < -0.39 is 30.4 Å². The van der Waals surface area contributed by atoms with Crippen LogP contribution in [-0.4, -0.2) is 40.1 Å². The van der Waals surface area contributed by atoms with Crippen LogP contribution in [0.1, 0.15) is 34.7 Å². The number of primary amides is 1. The molecule has 0 fully saturated rings. The zero-order valence-electron chi connectivity index (χ0n) is 20.7. The van der Waals surface area contributed by atoms with Gasteiger partial charge in [-0.25, -0.2) is 4.98 Å². The van der Waals surface area contributed by atoms with E-state index in [1.54, 1.807) is 25.1 Å². The predicted molar refractivity (Wildman–Crippen MR) is 128 cm³/mol. The monoisotopic (exact) mass is 514 g/mol. The number of para-hydroxylation sites is 1. The van der Waals surface area contributed by atoms with Gasteiger partial charge in [0.2, 0.25) is 5.88 Å². The fraction of sp³-hybridized carbons (Fsp3) is 0.200. The maximum atomic E-state index is 13.0. The zero-order chi connectivity index (χ0) is 27.6. The van der Waals surface area contributed by atoms with Crippen molar-refractivity contribution < 1.29 is 33.6 Å². The molecule has 12 heteroatoms. The number of halogens is 3. The molecule has 0 aliphatic heterocycles. The molecule has 1 unspecified atom stereocenters. The Bertz CT molecular complexity index is 1520. The summed E-state index contributed by atoms with van der Waals surface area (Å²) in [6.45, 7) is 0.528. The van der Waals surface area contributed by atoms with Gasteiger partial charge >= 0.3 is 6.36 Å². The van der Waals surface area contributed by atoms with Crippen molar-refractivity contribution in [2.24, 2.45) is 5.73 Å². The molecule has 2 amide bonds. The molecule has 0 bridgehead atoms. The third kappa shape index (κ3) is 5.47. The Balaban J connectivity index is 1.66. The average Bonchev–Trinajstić information content (AvgIpc) is 3.26. The molecule has 4 aromatic rings. The van der Waals surface area contributed by atoms with E-state index in [0.29, 0.717) is 22.0 Å². The molecule has 2 aromatic heterocycles. The third-order valence-corrected chi connectivity index (χ3v) is 5.45. The molecule has 0 saturated carbocycles. The molecule has 0 radical (unpaired) electrons. The molecule has 37 heavy (non-hydrogen) atoms. The number of methoxy groups -OCH3 is 1. The number of nitrogens with two attached hydrogens (primary N) is 1. The second-order valence-electron chi connectivity index (χ2n) is 7.77. The number of benzene rings is 2. The van der Waals surface area contributed by atoms with Crippen molar-refractivity contribution in [1.82, 2.24) is 20.1 Å². The predicted octanol–water partition coefficient (Wildman–Crippen LogP) is 4.05. The smallest absolute Gasteiger partial charge is 0.480 e. The first-order valence-electron chi connectivity index (χ1n) is 11.5. The van der Waals surface area contributed by atoms with Gasteiger partial charge in [0, 0.05) is 35.8 Å². The molecule has 1 atom stereocenters. The number of amides is 2. The van der Waals surface area contributed by atoms with Crippen molar-refractivity contribution in [2.45, 2.75) is 26.4 Å². The summed E-state index contributed by atoms with van der Waals surface area (Å²) in [6.07, 6.45) is -3.41. The Hall–Kier alpha value is -4.61. The van der Waals surface area contributed by atoms with Gasteiger partial charge in [-0.15, -0.1) is 13.2 Å². The van der Waals surface area contributed by atoms with Gasteiger partial charge in [-0.1, -0.05) is 24.3 Å². The molecule has 0 saturated heterocycles. The lowest BCUT2D eigenvalue weighted by molar-refractivity contribution is -0.274. The Morgan fingerprint density at radius 2 is 1.92 bits per heavy atom. The first-order valence-corrected chi connectivity index (χ1v) is 10.9. The molecule has 0 aliphatic rings. The minimum Gasteiger partial charge on any atom is -0.480 e. The van der Waals surface area contributed by atoms with Crippen LogP contribution >= 0.6 is 0 Å². The molecule has 9 nitrogen and oxygen atoms in total. The van der Waals surface area contributed by atoms with Crippen molar-refractivity contribution in [2.75, 3.05) is 7.11 Å². The van der Waals surface area contributed by atoms with Crippen LogP contribution in [-0.2, 0) is 13.1 Å². The van der Waals surface area contributed by atoms with Gasteiger partial charge < -0.3 is 20.5 Å². The van der Waals surface area contributed by atoms with Crippen LogP contribution in [0.15, 0.2) is 54.7 Å². The highest BCUT2D eigenvalue weighted by Gasteiger charge is 2.32. The molecule has 192 valence electrons. The molecule has 0 aliphatic carbocycles. The van der Waals surface area contributed by atoms with E-state index in [1.165, 1.54) is 42.3 Å². The van der Waals surface area contributed by atoms with E-state index >= 15 is 0 Å². The van der Waals surface area contributed by atoms with Crippen molar-refractivity contribution in [3.8, 4) is 22.8 Å². The van der Waals surface area contributed by atoms with Crippen LogP contribution in [0.4, 0.5) is 13.2 Å². The number of carbonyl (C=O) groups is 2. The first kappa shape index (κ1) is 24.1. The summed E-state index contributed by atoms with van der Waals surface area (Å²) in [5, 5.41) is 7.19. The number of pyridine rings is 1. The van der Waals surface area contributed by atoms with Gasteiger partial charge in [0.05, 0.1) is 14.0 Å². The average molecular weight is 514 g/mol. The van der Waals surface area contributed by atoms with Crippen molar-refractivity contribution in [3.63, 3.8) is 0 Å². The van der Waals surface area contributed by atoms with E-state index in [-0.39, 0.29) is 29.2 Å². The second kappa shape index (κ2) is 10.2. The number of alkyl halides is 3. The Kier molecular flexibility index (Phi) is 6.62. The first-order chi connectivity index (χ1) is 18.0. The number of aromatic nitrogens is 3. The van der Waals surface area contributed by atoms with E-state index in [9.17, 15) is 22.8 Å². The summed E-state index contributed by atoms with van der Waals surface area (Å²) in [4.78, 5) is 29.0. The fourth-order valence-electron chi connectivity index (χ4n) is 3.78. The summed E-state index contributed by atoms with van der Waals surface area (Å²) >= 11 is 0. The normalized spacial score (nSPS) is 12.6. The van der Waals surface area contributed by atoms with Crippen molar-refractivity contribution in [1.29, 1.82) is 0 Å². The number of aryl methyl sites for hydroxylation is 1. The molecular weight excluding hydrogens is 491 g/mol. The second-order valence-corrected chi connectivity index (χ2v) is 7.77. The van der Waals surface area contributed by atoms with Gasteiger partial charge in [0.1, 0.15) is 11.3 Å². The van der Waals surface area contributed by atoms with Gasteiger partial charge in [-0.2, -0.15) is 5.10 Å². The maximum Gasteiger partial charge on any atom is 0.573 e. The number of rotatable bonds is 8. The largest absolute Gasteiger partial charge is 0.573 e. The van der Waals surface area contributed by atoms with E-state index in [4.69, 9.17) is 11.8 Å². The highest BCUT2D eigenvalue weighted by molar-refractivity contribution is 6.05. The lowest BCUT2D eigenvalue weighted by Gasteiger charge is -2.14. The van der Waals surface area contributed by atoms with Crippen LogP contribution in [0.3, 0.4) is 0 Å². The minimum atomic E-state index is -4.88. The van der Waals surface area contributed by atoms with Crippen LogP contribution in [0, 0.1) is 0 Å². The Morgan fingerprint density at radius 1 is 1.16 bits per heavy atom. The fourth-order valence-corrected chi connectivity index (χ4v) is 3.78. The van der Waals surface area contributed by atoms with Gasteiger partial charge in [-0.3, -0.25) is 14.3 Å². The topological polar surface area (TPSA) is 121 Å². The van der Waals surface area contributed by atoms with Gasteiger partial charge in [0.25, 0.3) is 11.8 Å². The lowest BCUT2D eigenvalue weighted by Crippen LogP contribution is -2.25. The third-order valence-electron chi connectivity index (χ3n) is 5.45. The number of nitrogens with one attached hydrogen (secondary N) is 1. The molecule has 4 rings (SSSR count). The zero-order valence-corrected chi connectivity index (χ0v) is 19.7. The highest BCUT2D eigenvalue weighted by atomic mass is 19.4. The number of nitrogens with zero attached hydrogens (tertiary/aromatic N) is 3. The summed E-state index contributed by atoms with van der Waals surface area (Å²) < 4.78 is 56.8. The Morgan fingerprint density at radius 3 is 2.59 bits per heavy atom. The summed E-state index contributed by atoms with van der Waals surface area (Å²) in [6, 6.07) is 12.0. The van der Waals surface area contributed by atoms with E-state index in [0.717, 1.165) is 6.07 Å². The number of ether oxygens (including phenoxy) is 2. The molecule has 2 heterocycles. The molecule has 2 aromatic carbocycles. The minimum absolute atomic E-state index is 0.00740. The molecular formula is C25H22F3N5O4. The standard InChI is InChI=1S/C25H22F3N5O4/c1-3-33-19-11-14(8-9-17(19)21(32-33)22(29)34)16-10-18(24(36-2)31-13-16)23(35)30-12-15-6-4-5-7-20(15)37-25(26,27)28/h4-11,13H,3,12H2,1-2H3,(H2,29,34)(H,30,35)/i3D.